The summed E-state index contributed by atoms with van der Waals surface area (Å²) in [7, 11) is 0. The number of nitrogens with zero attached hydrogens (tertiary/aromatic N) is 1. The minimum atomic E-state index is 0.719. The second-order valence-corrected chi connectivity index (χ2v) is 4.34. The van der Waals surface area contributed by atoms with E-state index in [2.05, 4.69) is 22.5 Å². The van der Waals surface area contributed by atoms with Gasteiger partial charge in [0, 0.05) is 38.3 Å². The van der Waals surface area contributed by atoms with E-state index in [0.717, 1.165) is 25.2 Å². The summed E-state index contributed by atoms with van der Waals surface area (Å²) >= 11 is 0. The Morgan fingerprint density at radius 3 is 3.00 bits per heavy atom. The minimum Gasteiger partial charge on any atom is -0.314 e. The topological polar surface area (TPSA) is 27.3 Å². The van der Waals surface area contributed by atoms with Gasteiger partial charge in [-0.15, -0.1) is 0 Å². The summed E-state index contributed by atoms with van der Waals surface area (Å²) in [5.74, 6) is 0. The van der Waals surface area contributed by atoms with E-state index in [4.69, 9.17) is 0 Å². The highest BCUT2D eigenvalue weighted by molar-refractivity contribution is 4.83. The Morgan fingerprint density at radius 1 is 1.38 bits per heavy atom. The van der Waals surface area contributed by atoms with Gasteiger partial charge in [0.2, 0.25) is 0 Å². The lowest BCUT2D eigenvalue weighted by atomic mass is 10.1. The van der Waals surface area contributed by atoms with Crippen LogP contribution in [0.4, 0.5) is 0 Å². The molecule has 0 bridgehead atoms. The minimum absolute atomic E-state index is 0.719. The van der Waals surface area contributed by atoms with Crippen molar-refractivity contribution in [1.29, 1.82) is 0 Å². The van der Waals surface area contributed by atoms with E-state index >= 15 is 0 Å². The summed E-state index contributed by atoms with van der Waals surface area (Å²) in [5.41, 5.74) is 0. The molecule has 3 nitrogen and oxygen atoms in total. The van der Waals surface area contributed by atoms with Crippen LogP contribution in [-0.2, 0) is 0 Å². The van der Waals surface area contributed by atoms with Gasteiger partial charge in [0.15, 0.2) is 0 Å². The smallest absolute Gasteiger partial charge is 0.0195 e. The lowest BCUT2D eigenvalue weighted by Crippen LogP contribution is -2.53. The van der Waals surface area contributed by atoms with Crippen LogP contribution in [0.3, 0.4) is 0 Å². The molecule has 2 aliphatic rings. The molecule has 0 aromatic heterocycles. The normalized spacial score (nSPS) is 36.7. The molecule has 3 heteroatoms. The fourth-order valence-electron chi connectivity index (χ4n) is 2.35. The molecular weight excluding hydrogens is 162 g/mol. The SMILES string of the molecule is C[C@@H]1CNCCN1C[C@@H]1CCCN1. The first-order valence-electron chi connectivity index (χ1n) is 5.54. The molecule has 2 atom stereocenters. The summed E-state index contributed by atoms with van der Waals surface area (Å²) in [6, 6.07) is 1.48. The van der Waals surface area contributed by atoms with Gasteiger partial charge in [0.1, 0.15) is 0 Å². The van der Waals surface area contributed by atoms with Crippen molar-refractivity contribution < 1.29 is 0 Å². The molecule has 0 aromatic carbocycles. The Hall–Kier alpha value is -0.120. The van der Waals surface area contributed by atoms with Gasteiger partial charge in [-0.1, -0.05) is 0 Å². The largest absolute Gasteiger partial charge is 0.314 e. The molecule has 0 amide bonds. The molecule has 0 saturated carbocycles. The average Bonchev–Trinajstić information content (AvgIpc) is 2.61. The monoisotopic (exact) mass is 183 g/mol. The second-order valence-electron chi connectivity index (χ2n) is 4.34. The van der Waals surface area contributed by atoms with Crippen molar-refractivity contribution in [2.75, 3.05) is 32.7 Å². The summed E-state index contributed by atoms with van der Waals surface area (Å²) in [4.78, 5) is 2.61. The van der Waals surface area contributed by atoms with Crippen molar-refractivity contribution in [2.45, 2.75) is 31.8 Å². The predicted molar refractivity (Wildman–Crippen MR) is 54.9 cm³/mol. The third-order valence-electron chi connectivity index (χ3n) is 3.26. The molecule has 0 radical (unpaired) electrons. The fraction of sp³-hybridized carbons (Fsp3) is 1.00. The van der Waals surface area contributed by atoms with E-state index in [1.54, 1.807) is 0 Å². The van der Waals surface area contributed by atoms with Crippen molar-refractivity contribution in [1.82, 2.24) is 15.5 Å². The zero-order chi connectivity index (χ0) is 9.10. The molecule has 2 heterocycles. The van der Waals surface area contributed by atoms with Crippen LogP contribution in [0, 0.1) is 0 Å². The average molecular weight is 183 g/mol. The third kappa shape index (κ3) is 2.42. The molecule has 0 aromatic rings. The highest BCUT2D eigenvalue weighted by Crippen LogP contribution is 2.10. The molecule has 0 spiro atoms. The summed E-state index contributed by atoms with van der Waals surface area (Å²) in [6.07, 6.45) is 2.74. The Labute approximate surface area is 80.9 Å². The van der Waals surface area contributed by atoms with Crippen LogP contribution in [0.5, 0.6) is 0 Å². The van der Waals surface area contributed by atoms with Crippen molar-refractivity contribution >= 4 is 0 Å². The molecule has 13 heavy (non-hydrogen) atoms. The first-order chi connectivity index (χ1) is 6.36. The molecule has 0 aliphatic carbocycles. The number of piperazine rings is 1. The zero-order valence-electron chi connectivity index (χ0n) is 8.55. The molecular formula is C10H21N3. The van der Waals surface area contributed by atoms with Gasteiger partial charge in [-0.2, -0.15) is 0 Å². The maximum atomic E-state index is 3.56. The van der Waals surface area contributed by atoms with Crippen molar-refractivity contribution in [3.05, 3.63) is 0 Å². The van der Waals surface area contributed by atoms with Crippen molar-refractivity contribution in [2.24, 2.45) is 0 Å². The Bertz CT molecular complexity index is 154. The van der Waals surface area contributed by atoms with E-state index in [1.165, 1.54) is 32.5 Å². The van der Waals surface area contributed by atoms with E-state index in [0.29, 0.717) is 0 Å². The molecule has 2 saturated heterocycles. The fourth-order valence-corrected chi connectivity index (χ4v) is 2.35. The molecule has 2 N–H and O–H groups in total. The highest BCUT2D eigenvalue weighted by atomic mass is 15.2. The Balaban J connectivity index is 1.78. The third-order valence-corrected chi connectivity index (χ3v) is 3.26. The van der Waals surface area contributed by atoms with Crippen molar-refractivity contribution in [3.8, 4) is 0 Å². The van der Waals surface area contributed by atoms with Gasteiger partial charge in [0.25, 0.3) is 0 Å². The van der Waals surface area contributed by atoms with Crippen LogP contribution in [0.25, 0.3) is 0 Å². The van der Waals surface area contributed by atoms with Crippen LogP contribution in [-0.4, -0.2) is 49.7 Å². The van der Waals surface area contributed by atoms with Crippen LogP contribution < -0.4 is 10.6 Å². The van der Waals surface area contributed by atoms with E-state index in [9.17, 15) is 0 Å². The number of hydrogen-bond donors (Lipinski definition) is 2. The first-order valence-corrected chi connectivity index (χ1v) is 5.54. The number of hydrogen-bond acceptors (Lipinski definition) is 3. The predicted octanol–water partition coefficient (Wildman–Crippen LogP) is 0.0321. The van der Waals surface area contributed by atoms with Crippen molar-refractivity contribution in [3.63, 3.8) is 0 Å². The van der Waals surface area contributed by atoms with E-state index in [-0.39, 0.29) is 0 Å². The highest BCUT2D eigenvalue weighted by Gasteiger charge is 2.22. The van der Waals surface area contributed by atoms with Gasteiger partial charge in [0.05, 0.1) is 0 Å². The molecule has 76 valence electrons. The van der Waals surface area contributed by atoms with Crippen LogP contribution in [0.1, 0.15) is 19.8 Å². The molecule has 2 rings (SSSR count). The summed E-state index contributed by atoms with van der Waals surface area (Å²) in [5, 5.41) is 6.99. The van der Waals surface area contributed by atoms with Gasteiger partial charge in [-0.05, 0) is 26.3 Å². The summed E-state index contributed by atoms with van der Waals surface area (Å²) < 4.78 is 0. The van der Waals surface area contributed by atoms with Gasteiger partial charge >= 0.3 is 0 Å². The van der Waals surface area contributed by atoms with Crippen LogP contribution in [0.15, 0.2) is 0 Å². The second kappa shape index (κ2) is 4.40. The molecule has 2 fully saturated rings. The maximum absolute atomic E-state index is 3.56. The van der Waals surface area contributed by atoms with Gasteiger partial charge < -0.3 is 10.6 Å². The number of rotatable bonds is 2. The standard InChI is InChI=1S/C10H21N3/c1-9-7-11-5-6-13(9)8-10-3-2-4-12-10/h9-12H,2-8H2,1H3/t9-,10+/m1/s1. The summed E-state index contributed by atoms with van der Waals surface area (Å²) in [6.45, 7) is 8.35. The van der Waals surface area contributed by atoms with E-state index in [1.807, 2.05) is 0 Å². The molecule has 0 unspecified atom stereocenters. The van der Waals surface area contributed by atoms with E-state index < -0.39 is 0 Å². The van der Waals surface area contributed by atoms with Gasteiger partial charge in [-0.3, -0.25) is 4.90 Å². The van der Waals surface area contributed by atoms with Crippen LogP contribution >= 0.6 is 0 Å². The lowest BCUT2D eigenvalue weighted by Gasteiger charge is -2.35. The molecule has 2 aliphatic heterocycles. The Kier molecular flexibility index (Phi) is 3.19. The number of nitrogens with one attached hydrogen (secondary N) is 2. The zero-order valence-corrected chi connectivity index (χ0v) is 8.55. The van der Waals surface area contributed by atoms with Crippen LogP contribution in [0.2, 0.25) is 0 Å². The Morgan fingerprint density at radius 2 is 2.31 bits per heavy atom. The maximum Gasteiger partial charge on any atom is 0.0195 e. The lowest BCUT2D eigenvalue weighted by molar-refractivity contribution is 0.160. The van der Waals surface area contributed by atoms with Gasteiger partial charge in [-0.25, -0.2) is 0 Å². The quantitative estimate of drug-likeness (QED) is 0.632. The first kappa shape index (κ1) is 9.44.